The third-order valence-electron chi connectivity index (χ3n) is 3.28. The molecular weight excluding hydrogens is 296 g/mol. The number of benzene rings is 2. The summed E-state index contributed by atoms with van der Waals surface area (Å²) < 4.78 is 24.3. The lowest BCUT2D eigenvalue weighted by atomic mass is 10.0. The highest BCUT2D eigenvalue weighted by molar-refractivity contribution is 7.88. The van der Waals surface area contributed by atoms with Crippen LogP contribution in [0.4, 0.5) is 0 Å². The number of hydrogen-bond donors (Lipinski definition) is 2. The molecule has 2 N–H and O–H groups in total. The van der Waals surface area contributed by atoms with E-state index >= 15 is 0 Å². The number of nitrogens with one attached hydrogen (secondary N) is 2. The van der Waals surface area contributed by atoms with E-state index in [4.69, 9.17) is 0 Å². The van der Waals surface area contributed by atoms with Crippen LogP contribution in [0.1, 0.15) is 12.0 Å². The van der Waals surface area contributed by atoms with Crippen molar-refractivity contribution in [2.75, 3.05) is 19.3 Å². The van der Waals surface area contributed by atoms with Gasteiger partial charge < -0.3 is 5.32 Å². The molecule has 0 saturated carbocycles. The number of rotatable bonds is 8. The Hall–Kier alpha value is -1.69. The van der Waals surface area contributed by atoms with Crippen LogP contribution in [0.25, 0.3) is 11.1 Å². The molecule has 0 saturated heterocycles. The predicted octanol–water partition coefficient (Wildman–Crippen LogP) is 2.38. The van der Waals surface area contributed by atoms with Crippen molar-refractivity contribution in [1.82, 2.24) is 10.0 Å². The van der Waals surface area contributed by atoms with Crippen LogP contribution in [0.15, 0.2) is 54.6 Å². The third-order valence-corrected chi connectivity index (χ3v) is 4.01. The fraction of sp³-hybridized carbons (Fsp3) is 0.294. The van der Waals surface area contributed by atoms with Crippen LogP contribution >= 0.6 is 0 Å². The van der Waals surface area contributed by atoms with Crippen molar-refractivity contribution in [2.45, 2.75) is 13.0 Å². The van der Waals surface area contributed by atoms with Gasteiger partial charge in [0, 0.05) is 13.1 Å². The van der Waals surface area contributed by atoms with Crippen LogP contribution in [-0.2, 0) is 16.6 Å². The highest BCUT2D eigenvalue weighted by Gasteiger charge is 1.99. The second kappa shape index (κ2) is 8.08. The topological polar surface area (TPSA) is 58.2 Å². The lowest BCUT2D eigenvalue weighted by molar-refractivity contribution is 0.579. The van der Waals surface area contributed by atoms with Crippen LogP contribution in [-0.4, -0.2) is 27.8 Å². The molecule has 0 fully saturated rings. The van der Waals surface area contributed by atoms with Gasteiger partial charge in [0.2, 0.25) is 10.0 Å². The standard InChI is InChI=1S/C17H22N2O2S/c1-22(20,21)19-13-5-12-18-14-15-8-10-17(11-9-15)16-6-3-2-4-7-16/h2-4,6-11,18-19H,5,12-14H2,1H3. The average Bonchev–Trinajstić information content (AvgIpc) is 2.51. The van der Waals surface area contributed by atoms with E-state index in [-0.39, 0.29) is 0 Å². The van der Waals surface area contributed by atoms with Gasteiger partial charge in [-0.2, -0.15) is 0 Å². The van der Waals surface area contributed by atoms with Gasteiger partial charge in [0.1, 0.15) is 0 Å². The molecule has 118 valence electrons. The lowest BCUT2D eigenvalue weighted by Gasteiger charge is -2.07. The summed E-state index contributed by atoms with van der Waals surface area (Å²) in [5.41, 5.74) is 3.64. The van der Waals surface area contributed by atoms with Crippen LogP contribution in [0.5, 0.6) is 0 Å². The van der Waals surface area contributed by atoms with Crippen molar-refractivity contribution in [2.24, 2.45) is 0 Å². The zero-order valence-electron chi connectivity index (χ0n) is 12.7. The van der Waals surface area contributed by atoms with E-state index in [1.54, 1.807) is 0 Å². The van der Waals surface area contributed by atoms with E-state index < -0.39 is 10.0 Å². The Balaban J connectivity index is 1.73. The molecule has 0 aromatic heterocycles. The third kappa shape index (κ3) is 5.97. The van der Waals surface area contributed by atoms with E-state index in [0.29, 0.717) is 6.54 Å². The summed E-state index contributed by atoms with van der Waals surface area (Å²) in [6.45, 7) is 2.04. The minimum absolute atomic E-state index is 0.471. The normalized spacial score (nSPS) is 11.5. The van der Waals surface area contributed by atoms with Crippen molar-refractivity contribution in [3.63, 3.8) is 0 Å². The molecule has 0 aliphatic carbocycles. The highest BCUT2D eigenvalue weighted by atomic mass is 32.2. The Morgan fingerprint density at radius 1 is 0.864 bits per heavy atom. The van der Waals surface area contributed by atoms with Gasteiger partial charge in [-0.3, -0.25) is 0 Å². The van der Waals surface area contributed by atoms with Crippen molar-refractivity contribution < 1.29 is 8.42 Å². The summed E-state index contributed by atoms with van der Waals surface area (Å²) in [5.74, 6) is 0. The van der Waals surface area contributed by atoms with Crippen molar-refractivity contribution in [3.05, 3.63) is 60.2 Å². The molecule has 0 aliphatic heterocycles. The molecule has 0 heterocycles. The first-order valence-electron chi connectivity index (χ1n) is 7.34. The first-order chi connectivity index (χ1) is 10.5. The Morgan fingerprint density at radius 3 is 2.14 bits per heavy atom. The van der Waals surface area contributed by atoms with Gasteiger partial charge in [-0.25, -0.2) is 13.1 Å². The molecule has 0 amide bonds. The van der Waals surface area contributed by atoms with Gasteiger partial charge >= 0.3 is 0 Å². The van der Waals surface area contributed by atoms with Crippen molar-refractivity contribution >= 4 is 10.0 Å². The average molecular weight is 318 g/mol. The maximum Gasteiger partial charge on any atom is 0.208 e. The van der Waals surface area contributed by atoms with Crippen LogP contribution in [0.3, 0.4) is 0 Å². The van der Waals surface area contributed by atoms with Crippen molar-refractivity contribution in [1.29, 1.82) is 0 Å². The van der Waals surface area contributed by atoms with Gasteiger partial charge in [-0.1, -0.05) is 54.6 Å². The lowest BCUT2D eigenvalue weighted by Crippen LogP contribution is -2.26. The molecule has 2 rings (SSSR count). The molecule has 0 aliphatic rings. The Bertz CT molecular complexity index is 668. The molecule has 22 heavy (non-hydrogen) atoms. The second-order valence-corrected chi connectivity index (χ2v) is 7.09. The van der Waals surface area contributed by atoms with E-state index in [1.165, 1.54) is 22.9 Å². The fourth-order valence-electron chi connectivity index (χ4n) is 2.15. The molecule has 0 radical (unpaired) electrons. The zero-order chi connectivity index (χ0) is 15.8. The molecule has 2 aromatic carbocycles. The zero-order valence-corrected chi connectivity index (χ0v) is 13.6. The monoisotopic (exact) mass is 318 g/mol. The minimum atomic E-state index is -3.07. The Labute approximate surface area is 132 Å². The molecule has 0 unspecified atom stereocenters. The summed E-state index contributed by atoms with van der Waals surface area (Å²) in [6.07, 6.45) is 1.95. The fourth-order valence-corrected chi connectivity index (χ4v) is 2.66. The molecule has 0 bridgehead atoms. The first kappa shape index (κ1) is 16.7. The summed E-state index contributed by atoms with van der Waals surface area (Å²) >= 11 is 0. The smallest absolute Gasteiger partial charge is 0.208 e. The van der Waals surface area contributed by atoms with E-state index in [0.717, 1.165) is 19.5 Å². The van der Waals surface area contributed by atoms with Gasteiger partial charge in [0.15, 0.2) is 0 Å². The summed E-state index contributed by atoms with van der Waals surface area (Å²) in [7, 11) is -3.07. The molecular formula is C17H22N2O2S. The van der Waals surface area contributed by atoms with E-state index in [9.17, 15) is 8.42 Å². The predicted molar refractivity (Wildman–Crippen MR) is 91.0 cm³/mol. The maximum absolute atomic E-state index is 10.9. The van der Waals surface area contributed by atoms with Gasteiger partial charge in [-0.15, -0.1) is 0 Å². The van der Waals surface area contributed by atoms with Crippen LogP contribution in [0, 0.1) is 0 Å². The first-order valence-corrected chi connectivity index (χ1v) is 9.23. The van der Waals surface area contributed by atoms with Gasteiger partial charge in [0.05, 0.1) is 6.26 Å². The Morgan fingerprint density at radius 2 is 1.50 bits per heavy atom. The van der Waals surface area contributed by atoms with E-state index in [2.05, 4.69) is 46.4 Å². The maximum atomic E-state index is 10.9. The molecule has 2 aromatic rings. The number of hydrogen-bond acceptors (Lipinski definition) is 3. The summed E-state index contributed by atoms with van der Waals surface area (Å²) in [6, 6.07) is 18.8. The molecule has 5 heteroatoms. The highest BCUT2D eigenvalue weighted by Crippen LogP contribution is 2.19. The van der Waals surface area contributed by atoms with Crippen molar-refractivity contribution in [3.8, 4) is 11.1 Å². The Kier molecular flexibility index (Phi) is 6.12. The quantitative estimate of drug-likeness (QED) is 0.735. The minimum Gasteiger partial charge on any atom is -0.313 e. The van der Waals surface area contributed by atoms with Gasteiger partial charge in [0.25, 0.3) is 0 Å². The molecule has 0 atom stereocenters. The number of sulfonamides is 1. The second-order valence-electron chi connectivity index (χ2n) is 5.26. The largest absolute Gasteiger partial charge is 0.313 e. The molecule has 4 nitrogen and oxygen atoms in total. The summed E-state index contributed by atoms with van der Waals surface area (Å²) in [4.78, 5) is 0. The van der Waals surface area contributed by atoms with Gasteiger partial charge in [-0.05, 0) is 29.7 Å². The SMILES string of the molecule is CS(=O)(=O)NCCCNCc1ccc(-c2ccccc2)cc1. The molecule has 0 spiro atoms. The van der Waals surface area contributed by atoms with E-state index in [1.807, 2.05) is 18.2 Å². The summed E-state index contributed by atoms with van der Waals surface area (Å²) in [5, 5.41) is 3.31. The van der Waals surface area contributed by atoms with Crippen LogP contribution < -0.4 is 10.0 Å². The van der Waals surface area contributed by atoms with Crippen LogP contribution in [0.2, 0.25) is 0 Å².